The zero-order valence-corrected chi connectivity index (χ0v) is 14.7. The highest BCUT2D eigenvalue weighted by Gasteiger charge is 2.30. The first-order chi connectivity index (χ1) is 12.2. The minimum Gasteiger partial charge on any atom is -0.465 e. The van der Waals surface area contributed by atoms with E-state index in [-0.39, 0.29) is 12.0 Å². The molecule has 1 atom stereocenters. The Morgan fingerprint density at radius 1 is 1.12 bits per heavy atom. The number of ether oxygens (including phenoxy) is 1. The van der Waals surface area contributed by atoms with Crippen LogP contribution in [0.3, 0.4) is 0 Å². The lowest BCUT2D eigenvalue weighted by Crippen LogP contribution is -2.44. The van der Waals surface area contributed by atoms with Crippen molar-refractivity contribution in [2.75, 3.05) is 7.11 Å². The molecule has 126 valence electrons. The van der Waals surface area contributed by atoms with Crippen molar-refractivity contribution < 1.29 is 9.53 Å². The number of nitrogens with one attached hydrogen (secondary N) is 2. The molecule has 4 nitrogen and oxygen atoms in total. The highest BCUT2D eigenvalue weighted by Crippen LogP contribution is 2.38. The minimum absolute atomic E-state index is 0.0174. The summed E-state index contributed by atoms with van der Waals surface area (Å²) in [6, 6.07) is 16.0. The zero-order valence-electron chi connectivity index (χ0n) is 13.8. The number of methoxy groups -OCH3 is 1. The summed E-state index contributed by atoms with van der Waals surface area (Å²) in [5, 5.41) is 7.33. The molecule has 25 heavy (non-hydrogen) atoms. The van der Waals surface area contributed by atoms with Crippen LogP contribution in [0.5, 0.6) is 0 Å². The molecule has 0 aromatic heterocycles. The quantitative estimate of drug-likeness (QED) is 0.643. The largest absolute Gasteiger partial charge is 0.465 e. The first-order valence-corrected chi connectivity index (χ1v) is 8.65. The number of benzene rings is 2. The van der Waals surface area contributed by atoms with Gasteiger partial charge in [0, 0.05) is 11.3 Å². The maximum Gasteiger partial charge on any atom is 0.337 e. The van der Waals surface area contributed by atoms with Crippen LogP contribution in [0.4, 0.5) is 0 Å². The number of rotatable bonds is 2. The second kappa shape index (κ2) is 6.33. The predicted octanol–water partition coefficient (Wildman–Crippen LogP) is 3.35. The molecular formula is C20H18N2O2S. The lowest BCUT2D eigenvalue weighted by atomic mass is 9.83. The predicted molar refractivity (Wildman–Crippen MR) is 101 cm³/mol. The molecular weight excluding hydrogens is 332 g/mol. The fourth-order valence-electron chi connectivity index (χ4n) is 3.57. The van der Waals surface area contributed by atoms with Crippen LogP contribution in [-0.4, -0.2) is 18.2 Å². The summed E-state index contributed by atoms with van der Waals surface area (Å²) in [5.74, 6) is -0.327. The van der Waals surface area contributed by atoms with Gasteiger partial charge in [0.15, 0.2) is 5.11 Å². The summed E-state index contributed by atoms with van der Waals surface area (Å²) < 4.78 is 4.77. The topological polar surface area (TPSA) is 50.4 Å². The van der Waals surface area contributed by atoms with E-state index in [9.17, 15) is 4.79 Å². The Kier molecular flexibility index (Phi) is 4.01. The third-order valence-electron chi connectivity index (χ3n) is 4.80. The number of hydrogen-bond acceptors (Lipinski definition) is 3. The van der Waals surface area contributed by atoms with E-state index in [1.165, 1.54) is 23.8 Å². The number of hydrogen-bond donors (Lipinski definition) is 2. The molecule has 0 radical (unpaired) electrons. The van der Waals surface area contributed by atoms with Gasteiger partial charge in [-0.3, -0.25) is 0 Å². The maximum atomic E-state index is 11.6. The van der Waals surface area contributed by atoms with E-state index in [1.54, 1.807) is 12.1 Å². The number of carbonyl (C=O) groups is 1. The molecule has 0 saturated heterocycles. The lowest BCUT2D eigenvalue weighted by molar-refractivity contribution is 0.0600. The molecule has 0 spiro atoms. The standard InChI is InChI=1S/C20H18N2O2S/c1-24-19(23)14-8-6-13(7-9-14)17-16-11-10-12-4-2-3-5-15(12)18(16)22-20(25)21-17/h2-9,17H,10-11H2,1H3,(H2,21,22,25)/t17-/m0/s1. The second-order valence-corrected chi connectivity index (χ2v) is 6.61. The van der Waals surface area contributed by atoms with Gasteiger partial charge in [0.05, 0.1) is 18.7 Å². The van der Waals surface area contributed by atoms with Crippen LogP contribution in [0.2, 0.25) is 0 Å². The van der Waals surface area contributed by atoms with Crippen LogP contribution in [0.1, 0.15) is 39.5 Å². The number of carbonyl (C=O) groups excluding carboxylic acids is 1. The van der Waals surface area contributed by atoms with Crippen LogP contribution in [0.15, 0.2) is 54.1 Å². The molecule has 2 aromatic rings. The van der Waals surface area contributed by atoms with Crippen molar-refractivity contribution in [3.63, 3.8) is 0 Å². The van der Waals surface area contributed by atoms with Crippen LogP contribution >= 0.6 is 12.2 Å². The molecule has 0 bridgehead atoms. The van der Waals surface area contributed by atoms with Crippen LogP contribution in [0, 0.1) is 0 Å². The molecule has 2 aromatic carbocycles. The molecule has 4 rings (SSSR count). The summed E-state index contributed by atoms with van der Waals surface area (Å²) in [6.45, 7) is 0. The van der Waals surface area contributed by atoms with Gasteiger partial charge in [0.25, 0.3) is 0 Å². The van der Waals surface area contributed by atoms with Gasteiger partial charge in [0.1, 0.15) is 0 Å². The van der Waals surface area contributed by atoms with Crippen molar-refractivity contribution in [2.45, 2.75) is 18.9 Å². The average Bonchev–Trinajstić information content (AvgIpc) is 2.66. The summed E-state index contributed by atoms with van der Waals surface area (Å²) >= 11 is 5.44. The van der Waals surface area contributed by atoms with E-state index in [0.29, 0.717) is 10.7 Å². The fraction of sp³-hybridized carbons (Fsp3) is 0.200. The van der Waals surface area contributed by atoms with Gasteiger partial charge in [0.2, 0.25) is 0 Å². The lowest BCUT2D eigenvalue weighted by Gasteiger charge is -2.35. The van der Waals surface area contributed by atoms with Gasteiger partial charge in [-0.2, -0.15) is 0 Å². The van der Waals surface area contributed by atoms with Crippen molar-refractivity contribution in [1.82, 2.24) is 10.6 Å². The van der Waals surface area contributed by atoms with E-state index in [1.807, 2.05) is 12.1 Å². The highest BCUT2D eigenvalue weighted by molar-refractivity contribution is 7.80. The normalized spacial score (nSPS) is 18.6. The SMILES string of the molecule is COC(=O)c1ccc([C@@H]2NC(=S)NC3=C2CCc2ccccc23)cc1. The zero-order chi connectivity index (χ0) is 17.4. The van der Waals surface area contributed by atoms with Gasteiger partial charge in [-0.25, -0.2) is 4.79 Å². The molecule has 2 aliphatic rings. The van der Waals surface area contributed by atoms with Gasteiger partial charge in [-0.1, -0.05) is 36.4 Å². The Hall–Kier alpha value is -2.66. The summed E-state index contributed by atoms with van der Waals surface area (Å²) in [4.78, 5) is 11.6. The smallest absolute Gasteiger partial charge is 0.337 e. The Bertz CT molecular complexity index is 887. The highest BCUT2D eigenvalue weighted by atomic mass is 32.1. The molecule has 1 heterocycles. The second-order valence-electron chi connectivity index (χ2n) is 6.20. The van der Waals surface area contributed by atoms with Crippen LogP contribution < -0.4 is 10.6 Å². The Balaban J connectivity index is 1.75. The van der Waals surface area contributed by atoms with E-state index in [2.05, 4.69) is 34.9 Å². The minimum atomic E-state index is -0.327. The molecule has 1 aliphatic heterocycles. The van der Waals surface area contributed by atoms with Crippen molar-refractivity contribution in [3.05, 3.63) is 76.4 Å². The third kappa shape index (κ3) is 2.81. The fourth-order valence-corrected chi connectivity index (χ4v) is 3.79. The average molecular weight is 350 g/mol. The molecule has 0 fully saturated rings. The molecule has 1 aliphatic carbocycles. The molecule has 0 amide bonds. The third-order valence-corrected chi connectivity index (χ3v) is 5.02. The van der Waals surface area contributed by atoms with Gasteiger partial charge in [-0.15, -0.1) is 0 Å². The number of aryl methyl sites for hydroxylation is 1. The van der Waals surface area contributed by atoms with Gasteiger partial charge >= 0.3 is 5.97 Å². The first-order valence-electron chi connectivity index (χ1n) is 8.24. The van der Waals surface area contributed by atoms with E-state index in [0.717, 1.165) is 24.1 Å². The van der Waals surface area contributed by atoms with E-state index < -0.39 is 0 Å². The molecule has 0 unspecified atom stereocenters. The van der Waals surface area contributed by atoms with E-state index in [4.69, 9.17) is 17.0 Å². The Morgan fingerprint density at radius 2 is 1.88 bits per heavy atom. The molecule has 5 heteroatoms. The van der Waals surface area contributed by atoms with Crippen LogP contribution in [-0.2, 0) is 11.2 Å². The summed E-state index contributed by atoms with van der Waals surface area (Å²) in [7, 11) is 1.39. The Morgan fingerprint density at radius 3 is 2.64 bits per heavy atom. The van der Waals surface area contributed by atoms with Crippen LogP contribution in [0.25, 0.3) is 5.70 Å². The molecule has 0 saturated carbocycles. The first kappa shape index (κ1) is 15.8. The van der Waals surface area contributed by atoms with Crippen molar-refractivity contribution in [3.8, 4) is 0 Å². The van der Waals surface area contributed by atoms with Crippen molar-refractivity contribution in [1.29, 1.82) is 0 Å². The summed E-state index contributed by atoms with van der Waals surface area (Å²) in [6.07, 6.45) is 1.99. The number of thiocarbonyl (C=S) groups is 1. The monoisotopic (exact) mass is 350 g/mol. The van der Waals surface area contributed by atoms with E-state index >= 15 is 0 Å². The van der Waals surface area contributed by atoms with Crippen molar-refractivity contribution in [2.24, 2.45) is 0 Å². The number of fused-ring (bicyclic) bond motifs is 2. The number of esters is 1. The summed E-state index contributed by atoms with van der Waals surface area (Å²) in [5.41, 5.74) is 6.63. The van der Waals surface area contributed by atoms with Gasteiger partial charge < -0.3 is 15.4 Å². The van der Waals surface area contributed by atoms with Gasteiger partial charge in [-0.05, 0) is 53.9 Å². The Labute approximate surface area is 151 Å². The maximum absolute atomic E-state index is 11.6. The molecule has 2 N–H and O–H groups in total. The van der Waals surface area contributed by atoms with Crippen molar-refractivity contribution >= 4 is 29.0 Å².